The van der Waals surface area contributed by atoms with Gasteiger partial charge in [-0.25, -0.2) is 8.42 Å². The molecule has 1 saturated heterocycles. The Kier molecular flexibility index (Phi) is 7.63. The van der Waals surface area contributed by atoms with Crippen LogP contribution in [0.4, 0.5) is 5.82 Å². The molecule has 178 valence electrons. The summed E-state index contributed by atoms with van der Waals surface area (Å²) in [6.07, 6.45) is 5.31. The summed E-state index contributed by atoms with van der Waals surface area (Å²) in [4.78, 5) is 15.6. The molecule has 0 bridgehead atoms. The zero-order valence-electron chi connectivity index (χ0n) is 18.8. The number of carbonyl (C=O) groups excluding carboxylic acids is 1. The first kappa shape index (κ1) is 24.1. The van der Waals surface area contributed by atoms with E-state index in [9.17, 15) is 13.2 Å². The molecule has 1 N–H and O–H groups in total. The SMILES string of the molecule is CN1CCN(S(=O)(=O)c2ccc(C(CC3CCCC3)C(=O)Nc3ccc(Cl)nn3)cc2)CC1. The molecule has 2 aromatic rings. The molecule has 2 heterocycles. The molecule has 1 aromatic heterocycles. The summed E-state index contributed by atoms with van der Waals surface area (Å²) >= 11 is 5.79. The maximum Gasteiger partial charge on any atom is 0.243 e. The molecule has 2 aliphatic rings. The molecule has 0 spiro atoms. The van der Waals surface area contributed by atoms with E-state index in [2.05, 4.69) is 20.4 Å². The van der Waals surface area contributed by atoms with Gasteiger partial charge in [0.05, 0.1) is 10.8 Å². The van der Waals surface area contributed by atoms with E-state index >= 15 is 0 Å². The third kappa shape index (κ3) is 5.90. The lowest BCUT2D eigenvalue weighted by Gasteiger charge is -2.31. The summed E-state index contributed by atoms with van der Waals surface area (Å²) in [6.45, 7) is 2.40. The van der Waals surface area contributed by atoms with E-state index in [0.717, 1.165) is 24.8 Å². The van der Waals surface area contributed by atoms with Crippen molar-refractivity contribution >= 4 is 33.3 Å². The normalized spacial score (nSPS) is 19.5. The van der Waals surface area contributed by atoms with Crippen molar-refractivity contribution in [2.75, 3.05) is 38.5 Å². The van der Waals surface area contributed by atoms with Crippen LogP contribution in [0.1, 0.15) is 43.6 Å². The lowest BCUT2D eigenvalue weighted by molar-refractivity contribution is -0.118. The molecule has 4 rings (SSSR count). The third-order valence-corrected chi connectivity index (χ3v) is 8.74. The fourth-order valence-electron chi connectivity index (χ4n) is 4.62. The monoisotopic (exact) mass is 491 g/mol. The van der Waals surface area contributed by atoms with Gasteiger partial charge in [-0.1, -0.05) is 49.4 Å². The second kappa shape index (κ2) is 10.5. The number of rotatable bonds is 7. The van der Waals surface area contributed by atoms with E-state index in [1.807, 2.05) is 7.05 Å². The quantitative estimate of drug-likeness (QED) is 0.638. The molecule has 1 aliphatic carbocycles. The van der Waals surface area contributed by atoms with Crippen molar-refractivity contribution in [3.05, 3.63) is 47.1 Å². The van der Waals surface area contributed by atoms with E-state index < -0.39 is 15.9 Å². The largest absolute Gasteiger partial charge is 0.309 e. The predicted octanol–water partition coefficient (Wildman–Crippen LogP) is 3.37. The van der Waals surface area contributed by atoms with E-state index in [1.165, 1.54) is 17.1 Å². The summed E-state index contributed by atoms with van der Waals surface area (Å²) in [5.41, 5.74) is 0.804. The van der Waals surface area contributed by atoms with E-state index in [0.29, 0.717) is 37.9 Å². The van der Waals surface area contributed by atoms with Gasteiger partial charge < -0.3 is 10.2 Å². The number of halogens is 1. The van der Waals surface area contributed by atoms with Crippen molar-refractivity contribution < 1.29 is 13.2 Å². The average Bonchev–Trinajstić information content (AvgIpc) is 3.33. The smallest absolute Gasteiger partial charge is 0.243 e. The molecule has 8 nitrogen and oxygen atoms in total. The molecule has 0 radical (unpaired) electrons. The number of hydrogen-bond donors (Lipinski definition) is 1. The second-order valence-corrected chi connectivity index (χ2v) is 11.3. The van der Waals surface area contributed by atoms with Crippen LogP contribution in [0.25, 0.3) is 0 Å². The fraction of sp³-hybridized carbons (Fsp3) is 0.522. The Morgan fingerprint density at radius 1 is 1.06 bits per heavy atom. The Bertz CT molecular complexity index is 1050. The van der Waals surface area contributed by atoms with Crippen molar-refractivity contribution in [1.82, 2.24) is 19.4 Å². The van der Waals surface area contributed by atoms with Crippen molar-refractivity contribution in [2.45, 2.75) is 42.9 Å². The van der Waals surface area contributed by atoms with Crippen LogP contribution < -0.4 is 5.32 Å². The predicted molar refractivity (Wildman–Crippen MR) is 128 cm³/mol. The number of amides is 1. The number of aromatic nitrogens is 2. The maximum absolute atomic E-state index is 13.2. The minimum absolute atomic E-state index is 0.173. The highest BCUT2D eigenvalue weighted by Crippen LogP contribution is 2.35. The first-order valence-electron chi connectivity index (χ1n) is 11.4. The molecule has 10 heteroatoms. The van der Waals surface area contributed by atoms with Crippen LogP contribution in [-0.2, 0) is 14.8 Å². The van der Waals surface area contributed by atoms with Crippen LogP contribution in [0.15, 0.2) is 41.3 Å². The Morgan fingerprint density at radius 2 is 1.73 bits per heavy atom. The van der Waals surface area contributed by atoms with Crippen LogP contribution in [0, 0.1) is 5.92 Å². The van der Waals surface area contributed by atoms with Gasteiger partial charge in [0.25, 0.3) is 0 Å². The lowest BCUT2D eigenvalue weighted by atomic mass is 9.87. The third-order valence-electron chi connectivity index (χ3n) is 6.63. The van der Waals surface area contributed by atoms with Gasteiger partial charge >= 0.3 is 0 Å². The van der Waals surface area contributed by atoms with Gasteiger partial charge in [0.2, 0.25) is 15.9 Å². The zero-order chi connectivity index (χ0) is 23.4. The molecule has 1 atom stereocenters. The average molecular weight is 492 g/mol. The van der Waals surface area contributed by atoms with Crippen LogP contribution in [0.3, 0.4) is 0 Å². The van der Waals surface area contributed by atoms with Crippen molar-refractivity contribution in [2.24, 2.45) is 5.92 Å². The minimum Gasteiger partial charge on any atom is -0.309 e. The summed E-state index contributed by atoms with van der Waals surface area (Å²) < 4.78 is 27.6. The van der Waals surface area contributed by atoms with Gasteiger partial charge in [0.15, 0.2) is 11.0 Å². The Morgan fingerprint density at radius 3 is 2.33 bits per heavy atom. The van der Waals surface area contributed by atoms with Gasteiger partial charge in [-0.3, -0.25) is 4.79 Å². The lowest BCUT2D eigenvalue weighted by Crippen LogP contribution is -2.47. The number of likely N-dealkylation sites (N-methyl/N-ethyl adjacent to an activating group) is 1. The Labute approximate surface area is 200 Å². The molecular formula is C23H30ClN5O3S. The Balaban J connectivity index is 1.53. The number of piperazine rings is 1. The van der Waals surface area contributed by atoms with Crippen molar-refractivity contribution in [3.8, 4) is 0 Å². The first-order chi connectivity index (χ1) is 15.8. The van der Waals surface area contributed by atoms with E-state index in [-0.39, 0.29) is 16.0 Å². The summed E-state index contributed by atoms with van der Waals surface area (Å²) in [7, 11) is -1.56. The van der Waals surface area contributed by atoms with Crippen LogP contribution >= 0.6 is 11.6 Å². The highest BCUT2D eigenvalue weighted by molar-refractivity contribution is 7.89. The highest BCUT2D eigenvalue weighted by Gasteiger charge is 2.30. The summed E-state index contributed by atoms with van der Waals surface area (Å²) in [5, 5.41) is 10.8. The Hall–Kier alpha value is -2.07. The standard InChI is InChI=1S/C23H30ClN5O3S/c1-28-12-14-29(15-13-28)33(31,32)19-8-6-18(7-9-19)20(16-17-4-2-3-5-17)23(30)25-22-11-10-21(24)26-27-22/h6-11,17,20H,2-5,12-16H2,1H3,(H,25,27,30). The van der Waals surface area contributed by atoms with E-state index in [1.54, 1.807) is 36.4 Å². The highest BCUT2D eigenvalue weighted by atomic mass is 35.5. The molecule has 1 amide bonds. The first-order valence-corrected chi connectivity index (χ1v) is 13.2. The van der Waals surface area contributed by atoms with Gasteiger partial charge in [-0.2, -0.15) is 4.31 Å². The topological polar surface area (TPSA) is 95.5 Å². The van der Waals surface area contributed by atoms with Gasteiger partial charge in [-0.15, -0.1) is 10.2 Å². The zero-order valence-corrected chi connectivity index (χ0v) is 20.4. The maximum atomic E-state index is 13.2. The molecule has 1 aromatic carbocycles. The molecule has 2 fully saturated rings. The van der Waals surface area contributed by atoms with Crippen LogP contribution in [0.2, 0.25) is 5.15 Å². The number of carbonyl (C=O) groups is 1. The number of nitrogens with zero attached hydrogens (tertiary/aromatic N) is 4. The number of sulfonamides is 1. The molecule has 1 unspecified atom stereocenters. The molecule has 1 aliphatic heterocycles. The van der Waals surface area contributed by atoms with Crippen LogP contribution in [-0.4, -0.2) is 67.0 Å². The summed E-state index contributed by atoms with van der Waals surface area (Å²) in [5.74, 6) is 0.250. The molecule has 33 heavy (non-hydrogen) atoms. The van der Waals surface area contributed by atoms with Crippen molar-refractivity contribution in [3.63, 3.8) is 0 Å². The number of anilines is 1. The minimum atomic E-state index is -3.55. The molecular weight excluding hydrogens is 462 g/mol. The van der Waals surface area contributed by atoms with Crippen molar-refractivity contribution in [1.29, 1.82) is 0 Å². The number of hydrogen-bond acceptors (Lipinski definition) is 6. The summed E-state index contributed by atoms with van der Waals surface area (Å²) in [6, 6.07) is 9.99. The number of nitrogens with one attached hydrogen (secondary N) is 1. The van der Waals surface area contributed by atoms with Gasteiger partial charge in [0, 0.05) is 26.2 Å². The van der Waals surface area contributed by atoms with Gasteiger partial charge in [0.1, 0.15) is 0 Å². The molecule has 1 saturated carbocycles. The van der Waals surface area contributed by atoms with Crippen LogP contribution in [0.5, 0.6) is 0 Å². The van der Waals surface area contributed by atoms with E-state index in [4.69, 9.17) is 11.6 Å². The number of benzene rings is 1. The second-order valence-electron chi connectivity index (χ2n) is 8.95. The van der Waals surface area contributed by atoms with Gasteiger partial charge in [-0.05, 0) is 49.2 Å². The fourth-order valence-corrected chi connectivity index (χ4v) is 6.14.